The molecule has 0 aromatic rings. The van der Waals surface area contributed by atoms with E-state index in [0.29, 0.717) is 13.2 Å². The average molecular weight is 144 g/mol. The maximum atomic E-state index is 7.08. The lowest BCUT2D eigenvalue weighted by molar-refractivity contribution is 0.374. The average Bonchev–Trinajstić information content (AvgIpc) is 2.33. The van der Waals surface area contributed by atoms with Gasteiger partial charge in [-0.15, -0.1) is 11.8 Å². The first-order chi connectivity index (χ1) is 4.38. The zero-order chi connectivity index (χ0) is 6.69. The zero-order valence-corrected chi connectivity index (χ0v) is 5.90. The second-order valence-electron chi connectivity index (χ2n) is 1.78. The van der Waals surface area contributed by atoms with Gasteiger partial charge in [-0.25, -0.2) is 0 Å². The lowest BCUT2D eigenvalue weighted by Gasteiger charge is -2.20. The van der Waals surface area contributed by atoms with Gasteiger partial charge in [0.25, 0.3) is 0 Å². The van der Waals surface area contributed by atoms with Gasteiger partial charge in [0, 0.05) is 12.7 Å². The Kier molecular flexibility index (Phi) is 2.38. The molecule has 0 bridgehead atoms. The predicted octanol–water partition coefficient (Wildman–Crippen LogP) is 0.0316. The van der Waals surface area contributed by atoms with Crippen LogP contribution in [0.3, 0.4) is 0 Å². The van der Waals surface area contributed by atoms with E-state index >= 15 is 0 Å². The summed E-state index contributed by atoms with van der Waals surface area (Å²) in [5.41, 5.74) is 12.5. The molecule has 0 saturated carbocycles. The van der Waals surface area contributed by atoms with Crippen molar-refractivity contribution in [2.45, 2.75) is 5.37 Å². The highest BCUT2D eigenvalue weighted by molar-refractivity contribution is 8.02. The van der Waals surface area contributed by atoms with Crippen molar-refractivity contribution < 1.29 is 0 Å². The Labute approximate surface area is 59.1 Å². The quantitative estimate of drug-likeness (QED) is 0.595. The molecule has 9 heavy (non-hydrogen) atoms. The minimum absolute atomic E-state index is 0.259. The second-order valence-corrected chi connectivity index (χ2v) is 2.87. The summed E-state index contributed by atoms with van der Waals surface area (Å²) in [5.74, 6) is 0. The molecule has 1 aliphatic heterocycles. The van der Waals surface area contributed by atoms with Crippen LogP contribution >= 0.6 is 11.8 Å². The van der Waals surface area contributed by atoms with Crippen LogP contribution in [0.25, 0.3) is 0 Å². The Hall–Kier alpha value is -0.190. The van der Waals surface area contributed by atoms with Gasteiger partial charge in [-0.1, -0.05) is 0 Å². The summed E-state index contributed by atoms with van der Waals surface area (Å²) < 4.78 is 0. The van der Waals surface area contributed by atoms with Crippen molar-refractivity contribution in [2.75, 3.05) is 13.2 Å². The molecule has 0 spiro atoms. The van der Waals surface area contributed by atoms with Gasteiger partial charge in [0.1, 0.15) is 0 Å². The van der Waals surface area contributed by atoms with Crippen LogP contribution in [0, 0.1) is 0 Å². The van der Waals surface area contributed by atoms with Gasteiger partial charge in [-0.2, -0.15) is 0 Å². The van der Waals surface area contributed by atoms with E-state index in [4.69, 9.17) is 11.5 Å². The molecule has 0 fully saturated rings. The molecule has 3 N–H and O–H groups in total. The first-order valence-electron chi connectivity index (χ1n) is 2.81. The van der Waals surface area contributed by atoms with Crippen LogP contribution in [0.4, 0.5) is 0 Å². The van der Waals surface area contributed by atoms with Crippen molar-refractivity contribution in [1.29, 1.82) is 0 Å². The van der Waals surface area contributed by atoms with Gasteiger partial charge in [0.2, 0.25) is 0 Å². The number of hydrogen-bond donors (Lipinski definition) is 1. The first kappa shape index (κ1) is 6.92. The second kappa shape index (κ2) is 3.10. The molecule has 1 rings (SSSR count). The minimum atomic E-state index is 0.259. The van der Waals surface area contributed by atoms with E-state index in [9.17, 15) is 0 Å². The summed E-state index contributed by atoms with van der Waals surface area (Å²) in [6.45, 7) is 0.932. The molecule has 1 unspecified atom stereocenters. The molecule has 1 radical (unpaired) electrons. The minimum Gasteiger partial charge on any atom is -0.351 e. The lowest BCUT2D eigenvalue weighted by atomic mass is 10.5. The fourth-order valence-corrected chi connectivity index (χ4v) is 1.54. The van der Waals surface area contributed by atoms with E-state index < -0.39 is 0 Å². The molecular formula is C5H10N3S. The number of nitrogens with two attached hydrogens (primary N) is 1. The summed E-state index contributed by atoms with van der Waals surface area (Å²) in [6.07, 6.45) is 1.93. The smallest absolute Gasteiger partial charge is 0.0936 e. The summed E-state index contributed by atoms with van der Waals surface area (Å²) in [4.78, 5) is 1.96. The van der Waals surface area contributed by atoms with Gasteiger partial charge in [-0.3, -0.25) is 5.73 Å². The Morgan fingerprint density at radius 2 is 2.56 bits per heavy atom. The summed E-state index contributed by atoms with van der Waals surface area (Å²) >= 11 is 1.65. The molecule has 0 aromatic heterocycles. The van der Waals surface area contributed by atoms with Crippen molar-refractivity contribution in [3.63, 3.8) is 0 Å². The first-order valence-corrected chi connectivity index (χ1v) is 3.75. The van der Waals surface area contributed by atoms with Crippen molar-refractivity contribution in [2.24, 2.45) is 5.73 Å². The maximum Gasteiger partial charge on any atom is 0.0936 e. The van der Waals surface area contributed by atoms with Crippen LogP contribution < -0.4 is 11.5 Å². The van der Waals surface area contributed by atoms with Crippen LogP contribution in [0.5, 0.6) is 0 Å². The van der Waals surface area contributed by atoms with Crippen LogP contribution in [-0.4, -0.2) is 23.5 Å². The summed E-state index contributed by atoms with van der Waals surface area (Å²) in [5, 5.41) is 2.24. The third-order valence-corrected chi connectivity index (χ3v) is 2.27. The predicted molar refractivity (Wildman–Crippen MR) is 39.4 cm³/mol. The molecule has 0 aromatic carbocycles. The molecule has 1 aliphatic rings. The normalized spacial score (nSPS) is 25.6. The fraction of sp³-hybridized carbons (Fsp3) is 0.600. The Balaban J connectivity index is 2.39. The highest BCUT2D eigenvalue weighted by Crippen LogP contribution is 2.22. The van der Waals surface area contributed by atoms with Crippen LogP contribution in [-0.2, 0) is 0 Å². The van der Waals surface area contributed by atoms with Gasteiger partial charge in [0.15, 0.2) is 0 Å². The van der Waals surface area contributed by atoms with Crippen molar-refractivity contribution in [3.8, 4) is 0 Å². The van der Waals surface area contributed by atoms with E-state index in [1.165, 1.54) is 0 Å². The Morgan fingerprint density at radius 1 is 1.78 bits per heavy atom. The number of hydrogen-bond acceptors (Lipinski definition) is 3. The molecular weight excluding hydrogens is 134 g/mol. The van der Waals surface area contributed by atoms with E-state index in [0.717, 1.165) is 0 Å². The fourth-order valence-electron chi connectivity index (χ4n) is 0.722. The van der Waals surface area contributed by atoms with Gasteiger partial charge in [-0.05, 0) is 5.41 Å². The van der Waals surface area contributed by atoms with Crippen LogP contribution in [0.1, 0.15) is 0 Å². The third-order valence-electron chi connectivity index (χ3n) is 1.24. The van der Waals surface area contributed by atoms with E-state index in [1.807, 2.05) is 16.5 Å². The van der Waals surface area contributed by atoms with Crippen molar-refractivity contribution in [1.82, 2.24) is 10.6 Å². The number of thioether (sulfide) groups is 1. The van der Waals surface area contributed by atoms with Gasteiger partial charge < -0.3 is 10.6 Å². The van der Waals surface area contributed by atoms with Crippen molar-refractivity contribution >= 4 is 11.8 Å². The van der Waals surface area contributed by atoms with Crippen LogP contribution in [0.15, 0.2) is 11.6 Å². The molecule has 0 aliphatic carbocycles. The molecule has 0 saturated heterocycles. The van der Waals surface area contributed by atoms with Gasteiger partial charge >= 0.3 is 0 Å². The molecule has 0 amide bonds. The maximum absolute atomic E-state index is 7.08. The SMILES string of the molecule is [NH]CC1SC=CN1CN. The zero-order valence-electron chi connectivity index (χ0n) is 5.08. The van der Waals surface area contributed by atoms with E-state index in [2.05, 4.69) is 0 Å². The summed E-state index contributed by atoms with van der Waals surface area (Å²) in [6, 6.07) is 0. The number of rotatable bonds is 2. The van der Waals surface area contributed by atoms with Crippen molar-refractivity contribution in [3.05, 3.63) is 11.6 Å². The molecule has 1 atom stereocenters. The van der Waals surface area contributed by atoms with E-state index in [1.54, 1.807) is 11.8 Å². The van der Waals surface area contributed by atoms with Gasteiger partial charge in [0.05, 0.1) is 12.0 Å². The largest absolute Gasteiger partial charge is 0.351 e. The highest BCUT2D eigenvalue weighted by Gasteiger charge is 2.15. The number of nitrogens with one attached hydrogen (secondary N) is 1. The molecule has 3 nitrogen and oxygen atoms in total. The molecule has 1 heterocycles. The van der Waals surface area contributed by atoms with Crippen LogP contribution in [0.2, 0.25) is 0 Å². The molecule has 4 heteroatoms. The monoisotopic (exact) mass is 144 g/mol. The third kappa shape index (κ3) is 1.38. The Morgan fingerprint density at radius 3 is 3.00 bits per heavy atom. The number of nitrogens with zero attached hydrogens (tertiary/aromatic N) is 1. The lowest BCUT2D eigenvalue weighted by Crippen LogP contribution is -2.33. The Bertz CT molecular complexity index is 115. The summed E-state index contributed by atoms with van der Waals surface area (Å²) in [7, 11) is 0. The highest BCUT2D eigenvalue weighted by atomic mass is 32.2. The molecule has 51 valence electrons. The van der Waals surface area contributed by atoms with E-state index in [-0.39, 0.29) is 5.37 Å². The standard InChI is InChI=1S/C5H10N3S/c6-3-5-8(4-7)1-2-9-5/h1-2,5-6H,3-4,7H2. The topological polar surface area (TPSA) is 53.1 Å².